The van der Waals surface area contributed by atoms with Gasteiger partial charge in [0.1, 0.15) is 24.1 Å². The molecule has 1 fully saturated rings. The Morgan fingerprint density at radius 3 is 1.92 bits per heavy atom. The second kappa shape index (κ2) is 13.4. The number of rotatable bonds is 11. The van der Waals surface area contributed by atoms with Gasteiger partial charge in [-0.1, -0.05) is 30.7 Å². The maximum atomic E-state index is 13.7. The molecule has 8 heteroatoms. The van der Waals surface area contributed by atoms with Gasteiger partial charge in [-0.25, -0.2) is 17.6 Å². The van der Waals surface area contributed by atoms with Crippen molar-refractivity contribution in [3.8, 4) is 5.75 Å². The molecule has 38 heavy (non-hydrogen) atoms. The maximum absolute atomic E-state index is 13.7. The van der Waals surface area contributed by atoms with Crippen LogP contribution >= 0.6 is 0 Å². The van der Waals surface area contributed by atoms with Gasteiger partial charge in [0.05, 0.1) is 0 Å². The number of amides is 1. The third-order valence-corrected chi connectivity index (χ3v) is 6.96. The lowest BCUT2D eigenvalue weighted by atomic mass is 9.87. The number of carbonyl (C=O) groups is 1. The smallest absolute Gasteiger partial charge is 0.222 e. The molecule has 0 aliphatic carbocycles. The molecule has 1 heterocycles. The maximum Gasteiger partial charge on any atom is 0.222 e. The molecule has 202 valence electrons. The summed E-state index contributed by atoms with van der Waals surface area (Å²) in [5.74, 6) is -1.81. The zero-order chi connectivity index (χ0) is 26.9. The molecule has 0 radical (unpaired) electrons. The summed E-state index contributed by atoms with van der Waals surface area (Å²) in [6.45, 7) is 3.53. The van der Waals surface area contributed by atoms with Crippen LogP contribution in [0.1, 0.15) is 42.7 Å². The van der Waals surface area contributed by atoms with Gasteiger partial charge in [0.2, 0.25) is 5.91 Å². The average molecular weight is 529 g/mol. The minimum absolute atomic E-state index is 0.000417. The molecule has 0 bridgehead atoms. The fourth-order valence-corrected chi connectivity index (χ4v) is 4.80. The molecule has 4 rings (SSSR count). The van der Waals surface area contributed by atoms with Gasteiger partial charge in [0.15, 0.2) is 11.6 Å². The summed E-state index contributed by atoms with van der Waals surface area (Å²) >= 11 is 0. The highest BCUT2D eigenvalue weighted by molar-refractivity contribution is 5.76. The summed E-state index contributed by atoms with van der Waals surface area (Å²) in [7, 11) is 0. The van der Waals surface area contributed by atoms with Crippen molar-refractivity contribution in [3.63, 3.8) is 0 Å². The Labute approximate surface area is 220 Å². The van der Waals surface area contributed by atoms with E-state index in [4.69, 9.17) is 4.74 Å². The van der Waals surface area contributed by atoms with Gasteiger partial charge in [0.25, 0.3) is 0 Å². The molecule has 0 spiro atoms. The quantitative estimate of drug-likeness (QED) is 0.221. The van der Waals surface area contributed by atoms with E-state index in [2.05, 4.69) is 4.90 Å². The first-order valence-corrected chi connectivity index (χ1v) is 13.0. The third-order valence-electron chi connectivity index (χ3n) is 6.96. The molecular weight excluding hydrogens is 496 g/mol. The molecule has 0 unspecified atom stereocenters. The second-order valence-electron chi connectivity index (χ2n) is 9.55. The van der Waals surface area contributed by atoms with Crippen LogP contribution in [0.25, 0.3) is 0 Å². The van der Waals surface area contributed by atoms with Crippen molar-refractivity contribution in [2.24, 2.45) is 0 Å². The van der Waals surface area contributed by atoms with Gasteiger partial charge in [-0.3, -0.25) is 9.69 Å². The van der Waals surface area contributed by atoms with E-state index >= 15 is 0 Å². The van der Waals surface area contributed by atoms with E-state index in [1.165, 1.54) is 30.3 Å². The van der Waals surface area contributed by atoms with E-state index in [0.717, 1.165) is 42.5 Å². The summed E-state index contributed by atoms with van der Waals surface area (Å²) in [6, 6.07) is 16.0. The summed E-state index contributed by atoms with van der Waals surface area (Å²) in [6.07, 6.45) is 2.76. The Morgan fingerprint density at radius 2 is 1.34 bits per heavy atom. The summed E-state index contributed by atoms with van der Waals surface area (Å²) < 4.78 is 59.0. The molecule has 0 aromatic heterocycles. The highest BCUT2D eigenvalue weighted by atomic mass is 19.1. The third kappa shape index (κ3) is 7.81. The Hall–Kier alpha value is -3.39. The second-order valence-corrected chi connectivity index (χ2v) is 9.55. The minimum atomic E-state index is -0.720. The van der Waals surface area contributed by atoms with Crippen LogP contribution in [0.4, 0.5) is 17.6 Å². The van der Waals surface area contributed by atoms with Crippen LogP contribution < -0.4 is 4.74 Å². The van der Waals surface area contributed by atoms with E-state index in [1.54, 1.807) is 24.3 Å². The molecular formula is C30H32F4N2O2. The Balaban J connectivity index is 1.18. The van der Waals surface area contributed by atoms with Crippen LogP contribution in [0.2, 0.25) is 0 Å². The van der Waals surface area contributed by atoms with Gasteiger partial charge in [-0.05, 0) is 60.4 Å². The largest absolute Gasteiger partial charge is 0.489 e. The van der Waals surface area contributed by atoms with Gasteiger partial charge in [-0.2, -0.15) is 0 Å². The lowest BCUT2D eigenvalue weighted by Gasteiger charge is -2.34. The van der Waals surface area contributed by atoms with Crippen molar-refractivity contribution in [2.45, 2.75) is 31.6 Å². The van der Waals surface area contributed by atoms with Crippen molar-refractivity contribution >= 4 is 5.91 Å². The van der Waals surface area contributed by atoms with Gasteiger partial charge >= 0.3 is 0 Å². The molecule has 4 nitrogen and oxygen atoms in total. The number of hydrogen-bond donors (Lipinski definition) is 0. The lowest BCUT2D eigenvalue weighted by Crippen LogP contribution is -2.49. The van der Waals surface area contributed by atoms with Crippen LogP contribution in [0, 0.1) is 23.3 Å². The van der Waals surface area contributed by atoms with Crippen LogP contribution in [-0.2, 0) is 4.79 Å². The van der Waals surface area contributed by atoms with E-state index in [-0.39, 0.29) is 35.8 Å². The van der Waals surface area contributed by atoms with Crippen molar-refractivity contribution in [3.05, 3.63) is 101 Å². The number of hydrogen-bond acceptors (Lipinski definition) is 3. The molecule has 1 saturated heterocycles. The fourth-order valence-electron chi connectivity index (χ4n) is 4.80. The van der Waals surface area contributed by atoms with Crippen LogP contribution in [0.3, 0.4) is 0 Å². The average Bonchev–Trinajstić information content (AvgIpc) is 2.91. The molecule has 1 amide bonds. The predicted octanol–water partition coefficient (Wildman–Crippen LogP) is 6.16. The normalized spacial score (nSPS) is 14.2. The Morgan fingerprint density at radius 1 is 0.763 bits per heavy atom. The monoisotopic (exact) mass is 528 g/mol. The molecule has 1 aliphatic rings. The molecule has 3 aromatic rings. The standard InChI is InChI=1S/C30H32F4N2O2/c31-24-9-5-22(6-10-24)27(23-7-11-25(32)12-8-23)3-1-2-4-30(37)36-17-15-35(16-18-36)19-20-38-29-14-13-26(33)21-28(29)34/h5-14,21,27H,1-4,15-20H2. The minimum Gasteiger partial charge on any atom is -0.489 e. The van der Waals surface area contributed by atoms with E-state index in [9.17, 15) is 22.4 Å². The fraction of sp³-hybridized carbons (Fsp3) is 0.367. The number of piperazine rings is 1. The SMILES string of the molecule is O=C(CCCCC(c1ccc(F)cc1)c1ccc(F)cc1)N1CCN(CCOc2ccc(F)cc2F)CC1. The number of benzene rings is 3. The van der Waals surface area contributed by atoms with Crippen LogP contribution in [0.15, 0.2) is 66.7 Å². The molecule has 3 aromatic carbocycles. The first kappa shape index (κ1) is 27.6. The molecule has 1 aliphatic heterocycles. The highest BCUT2D eigenvalue weighted by Gasteiger charge is 2.21. The predicted molar refractivity (Wildman–Crippen MR) is 138 cm³/mol. The first-order chi connectivity index (χ1) is 18.4. The summed E-state index contributed by atoms with van der Waals surface area (Å²) in [5, 5.41) is 0. The van der Waals surface area contributed by atoms with Crippen molar-refractivity contribution in [1.82, 2.24) is 9.80 Å². The van der Waals surface area contributed by atoms with Crippen LogP contribution in [0.5, 0.6) is 5.75 Å². The van der Waals surface area contributed by atoms with E-state index in [0.29, 0.717) is 39.1 Å². The van der Waals surface area contributed by atoms with Gasteiger partial charge in [-0.15, -0.1) is 0 Å². The van der Waals surface area contributed by atoms with E-state index < -0.39 is 11.6 Å². The number of ether oxygens (including phenoxy) is 1. The number of unbranched alkanes of at least 4 members (excludes halogenated alkanes) is 1. The zero-order valence-corrected chi connectivity index (χ0v) is 21.2. The zero-order valence-electron chi connectivity index (χ0n) is 21.2. The molecule has 0 atom stereocenters. The number of halogens is 4. The van der Waals surface area contributed by atoms with Crippen molar-refractivity contribution in [1.29, 1.82) is 0 Å². The van der Waals surface area contributed by atoms with Crippen molar-refractivity contribution in [2.75, 3.05) is 39.3 Å². The Kier molecular flexibility index (Phi) is 9.76. The van der Waals surface area contributed by atoms with Gasteiger partial charge < -0.3 is 9.64 Å². The summed E-state index contributed by atoms with van der Waals surface area (Å²) in [5.41, 5.74) is 1.93. The number of carbonyl (C=O) groups excluding carboxylic acids is 1. The lowest BCUT2D eigenvalue weighted by molar-refractivity contribution is -0.133. The Bertz CT molecular complexity index is 1130. The molecule has 0 N–H and O–H groups in total. The number of nitrogens with zero attached hydrogens (tertiary/aromatic N) is 2. The topological polar surface area (TPSA) is 32.8 Å². The van der Waals surface area contributed by atoms with E-state index in [1.807, 2.05) is 4.90 Å². The highest BCUT2D eigenvalue weighted by Crippen LogP contribution is 2.30. The summed E-state index contributed by atoms with van der Waals surface area (Å²) in [4.78, 5) is 16.8. The first-order valence-electron chi connectivity index (χ1n) is 13.0. The van der Waals surface area contributed by atoms with Crippen molar-refractivity contribution < 1.29 is 27.1 Å². The van der Waals surface area contributed by atoms with Crippen LogP contribution in [-0.4, -0.2) is 55.0 Å². The van der Waals surface area contributed by atoms with Gasteiger partial charge in [0, 0.05) is 51.1 Å². The molecule has 0 saturated carbocycles.